The first-order chi connectivity index (χ1) is 18.7. The fourth-order valence-electron chi connectivity index (χ4n) is 5.03. The van der Waals surface area contributed by atoms with E-state index in [-0.39, 0.29) is 46.0 Å². The number of hydrogen-bond donors (Lipinski definition) is 0. The van der Waals surface area contributed by atoms with Crippen molar-refractivity contribution in [3.8, 4) is 0 Å². The average Bonchev–Trinajstić information content (AvgIpc) is 2.81. The van der Waals surface area contributed by atoms with Gasteiger partial charge < -0.3 is 13.6 Å². The summed E-state index contributed by atoms with van der Waals surface area (Å²) in [5.74, 6) is -0.864. The lowest BCUT2D eigenvalue weighted by Gasteiger charge is -2.46. The van der Waals surface area contributed by atoms with Crippen LogP contribution in [0.5, 0.6) is 0 Å². The van der Waals surface area contributed by atoms with Crippen molar-refractivity contribution >= 4 is 34.2 Å². The minimum Gasteiger partial charge on any atom is -0.454 e. The van der Waals surface area contributed by atoms with E-state index in [1.165, 1.54) is 12.5 Å². The van der Waals surface area contributed by atoms with E-state index in [1.54, 1.807) is 0 Å². The molecule has 8 heteroatoms. The first-order valence-electron chi connectivity index (χ1n) is 16.0. The second kappa shape index (κ2) is 14.3. The zero-order chi connectivity index (χ0) is 33.1. The summed E-state index contributed by atoms with van der Waals surface area (Å²) in [5, 5.41) is -0.117. The molecule has 1 aliphatic heterocycles. The molecule has 1 heterocycles. The van der Waals surface area contributed by atoms with Crippen molar-refractivity contribution in [2.45, 2.75) is 170 Å². The van der Waals surface area contributed by atoms with Gasteiger partial charge in [-0.2, -0.15) is 0 Å². The lowest BCUT2D eigenvalue weighted by Crippen LogP contribution is -2.54. The molecular formula is C34H64O6Si2. The molecule has 0 amide bonds. The van der Waals surface area contributed by atoms with E-state index < -0.39 is 40.2 Å². The van der Waals surface area contributed by atoms with Gasteiger partial charge in [0.15, 0.2) is 28.5 Å². The maximum Gasteiger partial charge on any atom is 0.309 e. The van der Waals surface area contributed by atoms with Gasteiger partial charge in [0.25, 0.3) is 0 Å². The third-order valence-corrected chi connectivity index (χ3v) is 19.3. The van der Waals surface area contributed by atoms with E-state index >= 15 is 0 Å². The monoisotopic (exact) mass is 624 g/mol. The summed E-state index contributed by atoms with van der Waals surface area (Å²) in [4.78, 5) is 40.4. The number of carbonyl (C=O) groups is 3. The molecule has 1 rings (SSSR count). The number of cyclic esters (lactones) is 1. The van der Waals surface area contributed by atoms with E-state index in [0.717, 1.165) is 19.3 Å². The highest BCUT2D eigenvalue weighted by molar-refractivity contribution is 6.74. The minimum atomic E-state index is -2.39. The molecule has 0 saturated heterocycles. The molecule has 244 valence electrons. The van der Waals surface area contributed by atoms with Gasteiger partial charge in [-0.15, -0.1) is 0 Å². The van der Waals surface area contributed by atoms with Crippen LogP contribution >= 0.6 is 0 Å². The number of carbonyl (C=O) groups excluding carboxylic acids is 3. The maximum atomic E-state index is 14.6. The lowest BCUT2D eigenvalue weighted by atomic mass is 9.73. The molecule has 0 bridgehead atoms. The van der Waals surface area contributed by atoms with Gasteiger partial charge in [0.2, 0.25) is 0 Å². The van der Waals surface area contributed by atoms with Gasteiger partial charge in [-0.25, -0.2) is 0 Å². The summed E-state index contributed by atoms with van der Waals surface area (Å²) in [7, 11) is -4.58. The Labute approximate surface area is 260 Å². The molecule has 42 heavy (non-hydrogen) atoms. The molecule has 0 radical (unpaired) electrons. The van der Waals surface area contributed by atoms with E-state index in [4.69, 9.17) is 13.6 Å². The van der Waals surface area contributed by atoms with E-state index in [2.05, 4.69) is 81.6 Å². The molecule has 5 atom stereocenters. The van der Waals surface area contributed by atoms with Crippen molar-refractivity contribution in [3.63, 3.8) is 0 Å². The third kappa shape index (κ3) is 10.2. The number of Topliss-reactive ketones (excluding diaryl/α,β-unsaturated/α-hetero) is 2. The first kappa shape index (κ1) is 38.9. The fourth-order valence-corrected chi connectivity index (χ4v) is 7.95. The van der Waals surface area contributed by atoms with Crippen LogP contribution in [0, 0.1) is 17.3 Å². The van der Waals surface area contributed by atoms with Crippen LogP contribution in [0.25, 0.3) is 0 Å². The second-order valence-corrected chi connectivity index (χ2v) is 26.0. The Hall–Kier alpha value is -1.10. The van der Waals surface area contributed by atoms with Gasteiger partial charge in [0.05, 0.1) is 18.6 Å². The molecule has 0 aromatic heterocycles. The Morgan fingerprint density at radius 3 is 1.93 bits per heavy atom. The number of esters is 1. The summed E-state index contributed by atoms with van der Waals surface area (Å²) >= 11 is 0. The van der Waals surface area contributed by atoms with Gasteiger partial charge in [-0.3, -0.25) is 14.4 Å². The van der Waals surface area contributed by atoms with E-state index in [1.807, 2.05) is 26.8 Å². The van der Waals surface area contributed by atoms with Crippen molar-refractivity contribution in [2.75, 3.05) is 0 Å². The Balaban J connectivity index is 3.72. The number of hydrogen-bond acceptors (Lipinski definition) is 6. The third-order valence-electron chi connectivity index (χ3n) is 10.4. The maximum absolute atomic E-state index is 14.6. The highest BCUT2D eigenvalue weighted by Crippen LogP contribution is 2.44. The predicted octanol–water partition coefficient (Wildman–Crippen LogP) is 9.05. The van der Waals surface area contributed by atoms with Gasteiger partial charge in [-0.05, 0) is 75.3 Å². The quantitative estimate of drug-likeness (QED) is 0.172. The standard InChI is InChI=1S/C34H64O6Si2/c1-23-18-17-19-24(2)30(40-42(15,16)33(8,9)10)25(3)31(37)34(11,12)28(39-41(13,14)32(5,6)7)22-29(36)38-27(21-20-23)26(4)35/h20,24-25,27-28,30H,17-19,21-22H2,1-16H3/b23-20-/t24-,25+,27-,28-,30-/m0/s1. The second-order valence-electron chi connectivity index (χ2n) is 16.5. The van der Waals surface area contributed by atoms with Crippen LogP contribution in [0.15, 0.2) is 11.6 Å². The van der Waals surface area contributed by atoms with Crippen LogP contribution in [0.1, 0.15) is 115 Å². The van der Waals surface area contributed by atoms with Crippen LogP contribution in [0.2, 0.25) is 36.3 Å². The van der Waals surface area contributed by atoms with E-state index in [9.17, 15) is 14.4 Å². The average molecular weight is 625 g/mol. The van der Waals surface area contributed by atoms with Crippen molar-refractivity contribution in [3.05, 3.63) is 11.6 Å². The van der Waals surface area contributed by atoms with Crippen molar-refractivity contribution in [1.82, 2.24) is 0 Å². The molecule has 0 aromatic carbocycles. The molecule has 0 N–H and O–H groups in total. The van der Waals surface area contributed by atoms with E-state index in [0.29, 0.717) is 6.42 Å². The summed E-state index contributed by atoms with van der Waals surface area (Å²) in [6.45, 7) is 33.5. The molecule has 1 aliphatic rings. The zero-order valence-electron chi connectivity index (χ0n) is 29.9. The highest BCUT2D eigenvalue weighted by atomic mass is 28.4. The lowest BCUT2D eigenvalue weighted by molar-refractivity contribution is -0.158. The van der Waals surface area contributed by atoms with Crippen molar-refractivity contribution in [2.24, 2.45) is 17.3 Å². The topological polar surface area (TPSA) is 78.9 Å². The Morgan fingerprint density at radius 2 is 1.45 bits per heavy atom. The summed E-state index contributed by atoms with van der Waals surface area (Å²) in [5.41, 5.74) is 0.185. The Morgan fingerprint density at radius 1 is 0.952 bits per heavy atom. The van der Waals surface area contributed by atoms with Gasteiger partial charge in [0.1, 0.15) is 5.78 Å². The number of ether oxygens (including phenoxy) is 1. The molecule has 6 nitrogen and oxygen atoms in total. The summed E-state index contributed by atoms with van der Waals surface area (Å²) in [6, 6.07) is 0. The zero-order valence-corrected chi connectivity index (χ0v) is 31.9. The minimum absolute atomic E-state index is 0.00454. The van der Waals surface area contributed by atoms with Crippen molar-refractivity contribution < 1.29 is 28.0 Å². The summed E-state index contributed by atoms with van der Waals surface area (Å²) in [6.07, 6.45) is 3.28. The molecule has 0 aromatic rings. The highest BCUT2D eigenvalue weighted by Gasteiger charge is 2.50. The number of rotatable bonds is 5. The largest absolute Gasteiger partial charge is 0.454 e. The Kier molecular flexibility index (Phi) is 13.3. The first-order valence-corrected chi connectivity index (χ1v) is 21.8. The number of allylic oxidation sites excluding steroid dienone is 1. The predicted molar refractivity (Wildman–Crippen MR) is 179 cm³/mol. The smallest absolute Gasteiger partial charge is 0.309 e. The van der Waals surface area contributed by atoms with Crippen LogP contribution in [-0.4, -0.2) is 52.5 Å². The molecule has 0 aliphatic carbocycles. The summed E-state index contributed by atoms with van der Waals surface area (Å²) < 4.78 is 19.7. The molecular weight excluding hydrogens is 561 g/mol. The number of ketones is 2. The molecule has 0 spiro atoms. The van der Waals surface area contributed by atoms with Crippen LogP contribution in [0.4, 0.5) is 0 Å². The normalized spacial score (nSPS) is 29.4. The van der Waals surface area contributed by atoms with Gasteiger partial charge in [-0.1, -0.05) is 80.9 Å². The molecule has 0 unspecified atom stereocenters. The van der Waals surface area contributed by atoms with Crippen LogP contribution in [0.3, 0.4) is 0 Å². The van der Waals surface area contributed by atoms with Gasteiger partial charge in [0, 0.05) is 17.8 Å². The molecule has 0 fully saturated rings. The Bertz CT molecular complexity index is 983. The van der Waals surface area contributed by atoms with Crippen molar-refractivity contribution in [1.29, 1.82) is 0 Å². The SMILES string of the molecule is CC(=O)[C@@H]1C/C=C(/C)CCC[C@H](C)[C@H](O[Si](C)(C)C(C)(C)C)[C@@H](C)C(=O)C(C)(C)[C@@H](O[Si](C)(C)C(C)(C)C)CC(=O)O1. The van der Waals surface area contributed by atoms with Crippen LogP contribution in [-0.2, 0) is 28.0 Å². The molecule has 0 saturated carbocycles. The van der Waals surface area contributed by atoms with Crippen LogP contribution < -0.4 is 0 Å². The van der Waals surface area contributed by atoms with Gasteiger partial charge >= 0.3 is 5.97 Å². The fraction of sp³-hybridized carbons (Fsp3) is 0.853.